The predicted molar refractivity (Wildman–Crippen MR) is 73.4 cm³/mol. The van der Waals surface area contributed by atoms with Crippen LogP contribution in [0.5, 0.6) is 0 Å². The van der Waals surface area contributed by atoms with Gasteiger partial charge in [0.25, 0.3) is 0 Å². The zero-order chi connectivity index (χ0) is 14.6. The molecule has 1 atom stereocenters. The van der Waals surface area contributed by atoms with Gasteiger partial charge >= 0.3 is 5.97 Å². The minimum atomic E-state index is -0.730. The van der Waals surface area contributed by atoms with Gasteiger partial charge in [0.15, 0.2) is 0 Å². The second kappa shape index (κ2) is 6.54. The van der Waals surface area contributed by atoms with Gasteiger partial charge in [0, 0.05) is 26.2 Å². The number of rotatable bonds is 4. The molecule has 6 nitrogen and oxygen atoms in total. The molecule has 2 fully saturated rings. The molecule has 2 saturated heterocycles. The van der Waals surface area contributed by atoms with Crippen LogP contribution in [0.1, 0.15) is 32.6 Å². The summed E-state index contributed by atoms with van der Waals surface area (Å²) in [6, 6.07) is 0. The van der Waals surface area contributed by atoms with Crippen molar-refractivity contribution in [3.63, 3.8) is 0 Å². The molecule has 0 saturated carbocycles. The fourth-order valence-corrected chi connectivity index (χ4v) is 2.98. The molecule has 2 N–H and O–H groups in total. The van der Waals surface area contributed by atoms with Gasteiger partial charge in [0.05, 0.1) is 24.5 Å². The Labute approximate surface area is 119 Å². The van der Waals surface area contributed by atoms with E-state index in [1.54, 1.807) is 4.90 Å². The largest absolute Gasteiger partial charge is 0.481 e. The van der Waals surface area contributed by atoms with Gasteiger partial charge in [-0.2, -0.15) is 0 Å². The third-order valence-electron chi connectivity index (χ3n) is 4.61. The summed E-state index contributed by atoms with van der Waals surface area (Å²) in [5, 5.41) is 12.5. The second-order valence-electron chi connectivity index (χ2n) is 5.72. The zero-order valence-electron chi connectivity index (χ0n) is 12.1. The summed E-state index contributed by atoms with van der Waals surface area (Å²) < 4.78 is 5.54. The molecule has 2 rings (SSSR count). The topological polar surface area (TPSA) is 78.9 Å². The van der Waals surface area contributed by atoms with Gasteiger partial charge in [-0.3, -0.25) is 9.59 Å². The molecule has 1 unspecified atom stereocenters. The van der Waals surface area contributed by atoms with E-state index in [1.807, 2.05) is 6.92 Å². The van der Waals surface area contributed by atoms with Gasteiger partial charge < -0.3 is 20.1 Å². The van der Waals surface area contributed by atoms with Gasteiger partial charge in [-0.25, -0.2) is 0 Å². The van der Waals surface area contributed by atoms with E-state index < -0.39 is 11.4 Å². The van der Waals surface area contributed by atoms with Crippen LogP contribution in [0.3, 0.4) is 0 Å². The minimum Gasteiger partial charge on any atom is -0.481 e. The van der Waals surface area contributed by atoms with Crippen molar-refractivity contribution in [3.05, 3.63) is 0 Å². The molecule has 114 valence electrons. The molecule has 0 spiro atoms. The highest BCUT2D eigenvalue weighted by Crippen LogP contribution is 2.35. The van der Waals surface area contributed by atoms with Gasteiger partial charge in [-0.05, 0) is 19.3 Å². The quantitative estimate of drug-likeness (QED) is 0.784. The Morgan fingerprint density at radius 3 is 2.60 bits per heavy atom. The third kappa shape index (κ3) is 3.30. The number of carboxylic acids is 1. The van der Waals surface area contributed by atoms with E-state index in [0.717, 1.165) is 6.54 Å². The molecular weight excluding hydrogens is 260 g/mol. The number of carbonyl (C=O) groups excluding carboxylic acids is 1. The van der Waals surface area contributed by atoms with Crippen molar-refractivity contribution >= 4 is 11.9 Å². The third-order valence-corrected chi connectivity index (χ3v) is 4.61. The van der Waals surface area contributed by atoms with E-state index >= 15 is 0 Å². The summed E-state index contributed by atoms with van der Waals surface area (Å²) >= 11 is 0. The highest BCUT2D eigenvalue weighted by Gasteiger charge is 2.40. The maximum atomic E-state index is 12.2. The van der Waals surface area contributed by atoms with Crippen molar-refractivity contribution in [2.45, 2.75) is 38.7 Å². The summed E-state index contributed by atoms with van der Waals surface area (Å²) in [5.74, 6) is -0.652. The lowest BCUT2D eigenvalue weighted by Crippen LogP contribution is -2.48. The number of morpholine rings is 1. The number of carboxylic acid groups (broad SMARTS) is 1. The number of ether oxygens (including phenoxy) is 1. The molecule has 0 radical (unpaired) electrons. The van der Waals surface area contributed by atoms with Crippen LogP contribution in [-0.4, -0.2) is 60.8 Å². The molecule has 0 aliphatic carbocycles. The van der Waals surface area contributed by atoms with Crippen LogP contribution in [0, 0.1) is 5.41 Å². The minimum absolute atomic E-state index is 0.0476. The van der Waals surface area contributed by atoms with E-state index in [2.05, 4.69) is 5.32 Å². The van der Waals surface area contributed by atoms with E-state index in [1.165, 1.54) is 0 Å². The average molecular weight is 284 g/mol. The zero-order valence-corrected chi connectivity index (χ0v) is 12.1. The Morgan fingerprint density at radius 2 is 2.10 bits per heavy atom. The number of piperidine rings is 1. The first-order chi connectivity index (χ1) is 9.57. The Hall–Kier alpha value is -1.14. The Morgan fingerprint density at radius 1 is 1.40 bits per heavy atom. The van der Waals surface area contributed by atoms with Gasteiger partial charge in [-0.15, -0.1) is 0 Å². The molecule has 2 aliphatic heterocycles. The van der Waals surface area contributed by atoms with E-state index in [-0.39, 0.29) is 12.0 Å². The number of likely N-dealkylation sites (tertiary alicyclic amines) is 1. The lowest BCUT2D eigenvalue weighted by Gasteiger charge is -2.39. The first kappa shape index (κ1) is 15.3. The molecule has 2 aliphatic rings. The summed E-state index contributed by atoms with van der Waals surface area (Å²) in [7, 11) is 0. The smallest absolute Gasteiger partial charge is 0.309 e. The fraction of sp³-hybridized carbons (Fsp3) is 0.857. The van der Waals surface area contributed by atoms with Crippen LogP contribution >= 0.6 is 0 Å². The average Bonchev–Trinajstić information content (AvgIpc) is 2.48. The van der Waals surface area contributed by atoms with Gasteiger partial charge in [0.2, 0.25) is 5.91 Å². The van der Waals surface area contributed by atoms with E-state index in [4.69, 9.17) is 4.74 Å². The Balaban J connectivity index is 1.83. The summed E-state index contributed by atoms with van der Waals surface area (Å²) in [6.45, 7) is 5.20. The number of amides is 1. The van der Waals surface area contributed by atoms with E-state index in [0.29, 0.717) is 51.9 Å². The maximum absolute atomic E-state index is 12.2. The van der Waals surface area contributed by atoms with Crippen LogP contribution in [-0.2, 0) is 14.3 Å². The normalized spacial score (nSPS) is 26.2. The van der Waals surface area contributed by atoms with Crippen molar-refractivity contribution in [1.82, 2.24) is 10.2 Å². The number of hydrogen-bond acceptors (Lipinski definition) is 4. The van der Waals surface area contributed by atoms with Gasteiger partial charge in [-0.1, -0.05) is 6.92 Å². The number of nitrogens with one attached hydrogen (secondary N) is 1. The summed E-state index contributed by atoms with van der Waals surface area (Å²) in [4.78, 5) is 25.4. The summed E-state index contributed by atoms with van der Waals surface area (Å²) in [5.41, 5.74) is -0.639. The van der Waals surface area contributed by atoms with Crippen LogP contribution in [0.2, 0.25) is 0 Å². The molecule has 6 heteroatoms. The van der Waals surface area contributed by atoms with Crippen molar-refractivity contribution in [3.8, 4) is 0 Å². The van der Waals surface area contributed by atoms with Crippen molar-refractivity contribution in [2.24, 2.45) is 5.41 Å². The van der Waals surface area contributed by atoms with Crippen molar-refractivity contribution < 1.29 is 19.4 Å². The molecule has 0 aromatic carbocycles. The molecule has 2 heterocycles. The molecule has 0 aromatic rings. The fourth-order valence-electron chi connectivity index (χ4n) is 2.98. The highest BCUT2D eigenvalue weighted by atomic mass is 16.5. The number of hydrogen-bond donors (Lipinski definition) is 2. The second-order valence-corrected chi connectivity index (χ2v) is 5.72. The Bertz CT molecular complexity index is 358. The molecule has 20 heavy (non-hydrogen) atoms. The number of aliphatic carboxylic acids is 1. The molecular formula is C14H24N2O4. The summed E-state index contributed by atoms with van der Waals surface area (Å²) in [6.07, 6.45) is 2.07. The number of nitrogens with zero attached hydrogens (tertiary/aromatic N) is 1. The SMILES string of the molecule is CCC1(C(=O)O)CCN(C(=O)CC2CNCCO2)CC1. The standard InChI is InChI=1S/C14H24N2O4/c1-2-14(13(18)19)3-6-16(7-4-14)12(17)9-11-10-15-5-8-20-11/h11,15H,2-10H2,1H3,(H,18,19). The van der Waals surface area contributed by atoms with Crippen molar-refractivity contribution in [2.75, 3.05) is 32.8 Å². The molecule has 0 bridgehead atoms. The lowest BCUT2D eigenvalue weighted by molar-refractivity contribution is -0.155. The van der Waals surface area contributed by atoms with Crippen LogP contribution in [0.15, 0.2) is 0 Å². The number of carbonyl (C=O) groups is 2. The Kier molecular flexibility index (Phi) is 4.99. The van der Waals surface area contributed by atoms with Crippen LogP contribution in [0.4, 0.5) is 0 Å². The monoisotopic (exact) mass is 284 g/mol. The van der Waals surface area contributed by atoms with Crippen molar-refractivity contribution in [1.29, 1.82) is 0 Å². The molecule has 1 amide bonds. The van der Waals surface area contributed by atoms with Gasteiger partial charge in [0.1, 0.15) is 0 Å². The lowest BCUT2D eigenvalue weighted by atomic mass is 9.76. The highest BCUT2D eigenvalue weighted by molar-refractivity contribution is 5.78. The predicted octanol–water partition coefficient (Wildman–Crippen LogP) is 0.468. The molecule has 0 aromatic heterocycles. The van der Waals surface area contributed by atoms with Crippen LogP contribution < -0.4 is 5.32 Å². The first-order valence-corrected chi connectivity index (χ1v) is 7.41. The van der Waals surface area contributed by atoms with E-state index in [9.17, 15) is 14.7 Å². The first-order valence-electron chi connectivity index (χ1n) is 7.41. The maximum Gasteiger partial charge on any atom is 0.309 e. The van der Waals surface area contributed by atoms with Crippen LogP contribution in [0.25, 0.3) is 0 Å².